The van der Waals surface area contributed by atoms with Crippen LogP contribution < -0.4 is 9.62 Å². The fourth-order valence-electron chi connectivity index (χ4n) is 4.57. The summed E-state index contributed by atoms with van der Waals surface area (Å²) >= 11 is 0. The van der Waals surface area contributed by atoms with Gasteiger partial charge in [-0.05, 0) is 44.9 Å². The number of aromatic nitrogens is 3. The number of nitrogens with zero attached hydrogens (tertiary/aromatic N) is 6. The summed E-state index contributed by atoms with van der Waals surface area (Å²) in [4.78, 5) is 22.0. The van der Waals surface area contributed by atoms with Gasteiger partial charge >= 0.3 is 0 Å². The number of carbonyl (C=O) groups excluding carboxylic acids is 1. The third-order valence-electron chi connectivity index (χ3n) is 6.64. The summed E-state index contributed by atoms with van der Waals surface area (Å²) < 4.78 is 36.1. The van der Waals surface area contributed by atoms with E-state index in [-0.39, 0.29) is 23.4 Å². The van der Waals surface area contributed by atoms with Crippen LogP contribution >= 0.6 is 0 Å². The van der Waals surface area contributed by atoms with Crippen LogP contribution in [0.4, 0.5) is 5.69 Å². The summed E-state index contributed by atoms with van der Waals surface area (Å²) in [5.74, 6) is 0.801. The third-order valence-corrected chi connectivity index (χ3v) is 8.28. The number of nitrogens with one attached hydrogen (secondary N) is 1. The molecule has 11 nitrogen and oxygen atoms in total. The van der Waals surface area contributed by atoms with Crippen molar-refractivity contribution in [3.8, 4) is 0 Å². The number of guanidine groups is 1. The molecular formula is C23H25N7O4S. The molecule has 182 valence electrons. The van der Waals surface area contributed by atoms with Gasteiger partial charge in [-0.2, -0.15) is 5.10 Å². The van der Waals surface area contributed by atoms with E-state index in [1.54, 1.807) is 21.8 Å². The molecule has 1 aromatic carbocycles. The molecule has 12 heteroatoms. The second-order valence-corrected chi connectivity index (χ2v) is 11.3. The fraction of sp³-hybridized carbons (Fsp3) is 0.391. The van der Waals surface area contributed by atoms with Gasteiger partial charge in [-0.25, -0.2) is 18.1 Å². The number of hydrogen-bond donors (Lipinski definition) is 1. The maximum Gasteiger partial charge on any atom is 0.263 e. The van der Waals surface area contributed by atoms with Crippen molar-refractivity contribution in [1.29, 1.82) is 0 Å². The average molecular weight is 496 g/mol. The molecule has 3 aromatic rings. The quantitative estimate of drug-likeness (QED) is 0.555. The van der Waals surface area contributed by atoms with Crippen LogP contribution in [-0.2, 0) is 23.6 Å². The minimum atomic E-state index is -3.78. The van der Waals surface area contributed by atoms with Crippen LogP contribution in [-0.4, -0.2) is 52.2 Å². The highest BCUT2D eigenvalue weighted by molar-refractivity contribution is 7.89. The first-order valence-corrected chi connectivity index (χ1v) is 12.9. The van der Waals surface area contributed by atoms with Crippen molar-refractivity contribution in [2.45, 2.75) is 49.7 Å². The summed E-state index contributed by atoms with van der Waals surface area (Å²) in [5, 5.41) is 8.22. The van der Waals surface area contributed by atoms with Crippen molar-refractivity contribution >= 4 is 27.6 Å². The van der Waals surface area contributed by atoms with Gasteiger partial charge in [-0.15, -0.1) is 0 Å². The summed E-state index contributed by atoms with van der Waals surface area (Å²) in [6.45, 7) is 4.34. The first-order chi connectivity index (χ1) is 16.6. The second kappa shape index (κ2) is 7.49. The zero-order chi connectivity index (χ0) is 24.5. The Labute approximate surface area is 202 Å². The predicted molar refractivity (Wildman–Crippen MR) is 126 cm³/mol. The number of fused-ring (bicyclic) bond motifs is 3. The van der Waals surface area contributed by atoms with E-state index >= 15 is 0 Å². The van der Waals surface area contributed by atoms with E-state index in [1.807, 2.05) is 38.1 Å². The van der Waals surface area contributed by atoms with E-state index in [4.69, 9.17) is 4.52 Å². The molecule has 6 rings (SSSR count). The van der Waals surface area contributed by atoms with E-state index in [2.05, 4.69) is 20.0 Å². The van der Waals surface area contributed by atoms with E-state index < -0.39 is 15.6 Å². The molecule has 1 unspecified atom stereocenters. The molecule has 3 aliphatic rings. The topological polar surface area (TPSA) is 126 Å². The van der Waals surface area contributed by atoms with Crippen molar-refractivity contribution in [2.75, 3.05) is 11.4 Å². The highest BCUT2D eigenvalue weighted by atomic mass is 32.2. The van der Waals surface area contributed by atoms with Crippen molar-refractivity contribution in [1.82, 2.24) is 24.6 Å². The maximum absolute atomic E-state index is 13.7. The Kier molecular flexibility index (Phi) is 4.71. The fourth-order valence-corrected chi connectivity index (χ4v) is 6.06. The second-order valence-electron chi connectivity index (χ2n) is 9.66. The molecule has 1 N–H and O–H groups in total. The van der Waals surface area contributed by atoms with Crippen LogP contribution in [0.2, 0.25) is 0 Å². The summed E-state index contributed by atoms with van der Waals surface area (Å²) in [6, 6.07) is 6.22. The molecule has 2 aromatic heterocycles. The van der Waals surface area contributed by atoms with Crippen molar-refractivity contribution in [3.05, 3.63) is 59.2 Å². The van der Waals surface area contributed by atoms with E-state index in [9.17, 15) is 13.2 Å². The van der Waals surface area contributed by atoms with Gasteiger partial charge in [0.1, 0.15) is 6.04 Å². The Morgan fingerprint density at radius 3 is 2.71 bits per heavy atom. The Hall–Kier alpha value is -3.51. The lowest BCUT2D eigenvalue weighted by molar-refractivity contribution is 0.0832. The molecule has 1 fully saturated rings. The first-order valence-electron chi connectivity index (χ1n) is 11.4. The Balaban J connectivity index is 1.44. The number of sulfonamides is 1. The van der Waals surface area contributed by atoms with Crippen LogP contribution in [0.3, 0.4) is 0 Å². The molecule has 0 bridgehead atoms. The van der Waals surface area contributed by atoms with Crippen LogP contribution in [0.1, 0.15) is 53.2 Å². The molecular weight excluding hydrogens is 470 g/mol. The van der Waals surface area contributed by atoms with Crippen LogP contribution in [0, 0.1) is 6.92 Å². The number of anilines is 1. The third kappa shape index (κ3) is 3.73. The Bertz CT molecular complexity index is 1480. The van der Waals surface area contributed by atoms with Gasteiger partial charge < -0.3 is 4.52 Å². The van der Waals surface area contributed by atoms with Crippen molar-refractivity contribution in [2.24, 2.45) is 12.0 Å². The average Bonchev–Trinajstić information content (AvgIpc) is 3.19. The molecule has 2 aliphatic heterocycles. The minimum Gasteiger partial charge on any atom is -0.359 e. The minimum absolute atomic E-state index is 0.0608. The zero-order valence-electron chi connectivity index (χ0n) is 19.6. The van der Waals surface area contributed by atoms with Gasteiger partial charge in [0.2, 0.25) is 16.0 Å². The van der Waals surface area contributed by atoms with Gasteiger partial charge in [0.15, 0.2) is 5.76 Å². The number of aryl methyl sites for hydroxylation is 2. The number of amides is 1. The monoisotopic (exact) mass is 495 g/mol. The van der Waals surface area contributed by atoms with Crippen LogP contribution in [0.25, 0.3) is 0 Å². The summed E-state index contributed by atoms with van der Waals surface area (Å²) in [7, 11) is -1.97. The standard InChI is InChI=1S/C23H25N7O4S/c1-14-8-20(34-26-14)19-11-24-22-29(13-15-10-25-28(3)12-15)21(31)17-9-16(4-5-18(17)30(19)22)35(32,33)27-23(2)6-7-23/h4-5,8-10,12,19,27H,6-7,11,13H2,1-3H3. The Morgan fingerprint density at radius 1 is 1.26 bits per heavy atom. The van der Waals surface area contributed by atoms with Gasteiger partial charge in [0.25, 0.3) is 5.91 Å². The SMILES string of the molecule is Cc1cc(C2CN=C3N(Cc4cnn(C)c4)C(=O)c4cc(S(=O)(=O)NC5(C)CC5)ccc4N32)on1. The van der Waals surface area contributed by atoms with Gasteiger partial charge in [0, 0.05) is 30.4 Å². The van der Waals surface area contributed by atoms with Crippen molar-refractivity contribution in [3.63, 3.8) is 0 Å². The Morgan fingerprint density at radius 2 is 2.06 bits per heavy atom. The number of benzene rings is 1. The van der Waals surface area contributed by atoms with Crippen LogP contribution in [0.5, 0.6) is 0 Å². The molecule has 0 radical (unpaired) electrons. The largest absolute Gasteiger partial charge is 0.359 e. The molecule has 35 heavy (non-hydrogen) atoms. The molecule has 0 saturated heterocycles. The van der Waals surface area contributed by atoms with Gasteiger partial charge in [-0.3, -0.25) is 19.3 Å². The number of rotatable bonds is 6. The first kappa shape index (κ1) is 22.0. The van der Waals surface area contributed by atoms with E-state index in [1.165, 1.54) is 12.1 Å². The lowest BCUT2D eigenvalue weighted by atomic mass is 10.0. The molecule has 1 atom stereocenters. The van der Waals surface area contributed by atoms with Gasteiger partial charge in [-0.1, -0.05) is 5.16 Å². The molecule has 0 spiro atoms. The lowest BCUT2D eigenvalue weighted by Crippen LogP contribution is -2.50. The predicted octanol–water partition coefficient (Wildman–Crippen LogP) is 2.12. The van der Waals surface area contributed by atoms with Crippen LogP contribution in [0.15, 0.2) is 51.1 Å². The highest BCUT2D eigenvalue weighted by Crippen LogP contribution is 2.41. The number of carbonyl (C=O) groups is 1. The van der Waals surface area contributed by atoms with E-state index in [0.29, 0.717) is 29.5 Å². The van der Waals surface area contributed by atoms with E-state index in [0.717, 1.165) is 24.1 Å². The molecule has 4 heterocycles. The number of aliphatic imine (C=N–C) groups is 1. The maximum atomic E-state index is 13.7. The summed E-state index contributed by atoms with van der Waals surface area (Å²) in [6.07, 6.45) is 5.11. The number of hydrogen-bond acceptors (Lipinski definition) is 8. The molecule has 1 saturated carbocycles. The zero-order valence-corrected chi connectivity index (χ0v) is 20.4. The lowest BCUT2D eigenvalue weighted by Gasteiger charge is -2.38. The highest BCUT2D eigenvalue weighted by Gasteiger charge is 2.45. The van der Waals surface area contributed by atoms with Gasteiger partial charge in [0.05, 0.1) is 41.1 Å². The van der Waals surface area contributed by atoms with Crippen molar-refractivity contribution < 1.29 is 17.7 Å². The normalized spacial score (nSPS) is 20.6. The molecule has 1 amide bonds. The smallest absolute Gasteiger partial charge is 0.263 e. The summed E-state index contributed by atoms with van der Waals surface area (Å²) in [5.41, 5.74) is 2.03. The molecule has 1 aliphatic carbocycles.